The van der Waals surface area contributed by atoms with Crippen molar-refractivity contribution in [2.24, 2.45) is 0 Å². The van der Waals surface area contributed by atoms with Crippen molar-refractivity contribution in [2.45, 2.75) is 32.4 Å². The van der Waals surface area contributed by atoms with Gasteiger partial charge >= 0.3 is 0 Å². The molecule has 6 nitrogen and oxygen atoms in total. The molecule has 0 radical (unpaired) electrons. The summed E-state index contributed by atoms with van der Waals surface area (Å²) < 4.78 is 22.1. The lowest BCUT2D eigenvalue weighted by Crippen LogP contribution is -2.38. The summed E-state index contributed by atoms with van der Waals surface area (Å²) in [6, 6.07) is 5.63. The second-order valence-corrected chi connectivity index (χ2v) is 6.32. The van der Waals surface area contributed by atoms with E-state index >= 15 is 0 Å². The van der Waals surface area contributed by atoms with Gasteiger partial charge < -0.3 is 18.6 Å². The van der Waals surface area contributed by atoms with Gasteiger partial charge in [0.1, 0.15) is 17.3 Å². The van der Waals surface area contributed by atoms with Gasteiger partial charge in [0, 0.05) is 26.3 Å². The number of hydrogen-bond acceptors (Lipinski definition) is 6. The van der Waals surface area contributed by atoms with E-state index in [9.17, 15) is 0 Å². The highest BCUT2D eigenvalue weighted by Crippen LogP contribution is 2.34. The van der Waals surface area contributed by atoms with Gasteiger partial charge in [-0.3, -0.25) is 4.90 Å². The maximum absolute atomic E-state index is 5.92. The third-order valence-corrected chi connectivity index (χ3v) is 4.70. The van der Waals surface area contributed by atoms with Crippen LogP contribution in [0.25, 0.3) is 11.5 Å². The molecular weight excluding hydrogens is 320 g/mol. The van der Waals surface area contributed by atoms with Crippen LogP contribution in [0.1, 0.15) is 24.3 Å². The maximum atomic E-state index is 5.92. The van der Waals surface area contributed by atoms with Gasteiger partial charge in [-0.05, 0) is 38.4 Å². The SMILES string of the molecule is COc1ccc(-c2nc(CN3CCCC(OC)C3)c(C)o2)c(OC)c1. The number of ether oxygens (including phenoxy) is 3. The number of oxazole rings is 1. The van der Waals surface area contributed by atoms with Crippen molar-refractivity contribution in [1.29, 1.82) is 0 Å². The first-order valence-electron chi connectivity index (χ1n) is 8.58. The van der Waals surface area contributed by atoms with Crippen LogP contribution in [-0.4, -0.2) is 50.4 Å². The number of methoxy groups -OCH3 is 3. The van der Waals surface area contributed by atoms with Gasteiger partial charge in [0.15, 0.2) is 0 Å². The fourth-order valence-electron chi connectivity index (χ4n) is 3.23. The van der Waals surface area contributed by atoms with Crippen LogP contribution in [0, 0.1) is 6.92 Å². The van der Waals surface area contributed by atoms with Crippen molar-refractivity contribution in [1.82, 2.24) is 9.88 Å². The van der Waals surface area contributed by atoms with E-state index < -0.39 is 0 Å². The predicted molar refractivity (Wildman–Crippen MR) is 95.1 cm³/mol. The van der Waals surface area contributed by atoms with Crippen LogP contribution in [0.5, 0.6) is 11.5 Å². The monoisotopic (exact) mass is 346 g/mol. The molecule has 1 aliphatic rings. The van der Waals surface area contributed by atoms with Crippen LogP contribution >= 0.6 is 0 Å². The zero-order chi connectivity index (χ0) is 17.8. The first-order valence-corrected chi connectivity index (χ1v) is 8.58. The van der Waals surface area contributed by atoms with Crippen LogP contribution in [0.15, 0.2) is 22.6 Å². The van der Waals surface area contributed by atoms with E-state index in [1.54, 1.807) is 21.3 Å². The lowest BCUT2D eigenvalue weighted by Gasteiger charge is -2.31. The number of benzene rings is 1. The van der Waals surface area contributed by atoms with Crippen LogP contribution < -0.4 is 9.47 Å². The van der Waals surface area contributed by atoms with Gasteiger partial charge in [0.2, 0.25) is 5.89 Å². The van der Waals surface area contributed by atoms with Crippen molar-refractivity contribution in [2.75, 3.05) is 34.4 Å². The first kappa shape index (κ1) is 17.8. The van der Waals surface area contributed by atoms with Crippen LogP contribution in [0.3, 0.4) is 0 Å². The Morgan fingerprint density at radius 3 is 2.80 bits per heavy atom. The van der Waals surface area contributed by atoms with Crippen LogP contribution in [0.2, 0.25) is 0 Å². The Morgan fingerprint density at radius 2 is 2.08 bits per heavy atom. The molecule has 2 heterocycles. The fraction of sp³-hybridized carbons (Fsp3) is 0.526. The van der Waals surface area contributed by atoms with Crippen LogP contribution in [-0.2, 0) is 11.3 Å². The van der Waals surface area contributed by atoms with Crippen molar-refractivity contribution in [3.8, 4) is 23.0 Å². The normalized spacial score (nSPS) is 18.3. The molecule has 0 bridgehead atoms. The molecule has 1 aromatic heterocycles. The molecule has 0 N–H and O–H groups in total. The highest BCUT2D eigenvalue weighted by atomic mass is 16.5. The molecule has 0 saturated carbocycles. The first-order chi connectivity index (χ1) is 12.1. The minimum Gasteiger partial charge on any atom is -0.497 e. The Labute approximate surface area is 148 Å². The minimum atomic E-state index is 0.308. The number of likely N-dealkylation sites (tertiary alicyclic amines) is 1. The van der Waals surface area contributed by atoms with Gasteiger partial charge in [-0.1, -0.05) is 0 Å². The minimum absolute atomic E-state index is 0.308. The molecule has 3 rings (SSSR count). The standard InChI is InChI=1S/C19H26N2O4/c1-13-17(12-21-9-5-6-15(11-21)23-3)20-19(25-13)16-8-7-14(22-2)10-18(16)24-4/h7-8,10,15H,5-6,9,11-12H2,1-4H3. The van der Waals surface area contributed by atoms with Crippen molar-refractivity contribution in [3.05, 3.63) is 29.7 Å². The van der Waals surface area contributed by atoms with Crippen molar-refractivity contribution >= 4 is 0 Å². The second-order valence-electron chi connectivity index (χ2n) is 6.32. The molecule has 0 amide bonds. The van der Waals surface area contributed by atoms with Gasteiger partial charge in [-0.25, -0.2) is 4.98 Å². The summed E-state index contributed by atoms with van der Waals surface area (Å²) in [5, 5.41) is 0. The van der Waals surface area contributed by atoms with E-state index in [-0.39, 0.29) is 0 Å². The number of rotatable bonds is 6. The number of hydrogen-bond donors (Lipinski definition) is 0. The average molecular weight is 346 g/mol. The summed E-state index contributed by atoms with van der Waals surface area (Å²) >= 11 is 0. The molecule has 136 valence electrons. The highest BCUT2D eigenvalue weighted by Gasteiger charge is 2.22. The third kappa shape index (κ3) is 3.96. The molecule has 0 spiro atoms. The zero-order valence-electron chi connectivity index (χ0n) is 15.4. The van der Waals surface area contributed by atoms with E-state index in [1.807, 2.05) is 25.1 Å². The summed E-state index contributed by atoms with van der Waals surface area (Å²) in [4.78, 5) is 7.09. The second kappa shape index (κ2) is 7.89. The fourth-order valence-corrected chi connectivity index (χ4v) is 3.23. The summed E-state index contributed by atoms with van der Waals surface area (Å²) in [5.74, 6) is 2.84. The van der Waals surface area contributed by atoms with E-state index in [0.29, 0.717) is 17.7 Å². The largest absolute Gasteiger partial charge is 0.497 e. The molecule has 1 unspecified atom stereocenters. The Bertz CT molecular complexity index is 713. The number of aromatic nitrogens is 1. The summed E-state index contributed by atoms with van der Waals surface area (Å²) in [6.45, 7) is 4.73. The van der Waals surface area contributed by atoms with Gasteiger partial charge in [0.05, 0.1) is 31.6 Å². The molecule has 1 fully saturated rings. The molecule has 1 saturated heterocycles. The van der Waals surface area contributed by atoms with E-state index in [0.717, 1.165) is 55.2 Å². The maximum Gasteiger partial charge on any atom is 0.230 e. The Balaban J connectivity index is 1.80. The predicted octanol–water partition coefficient (Wildman–Crippen LogP) is 3.28. The summed E-state index contributed by atoms with van der Waals surface area (Å²) in [5.41, 5.74) is 1.79. The van der Waals surface area contributed by atoms with Crippen molar-refractivity contribution < 1.29 is 18.6 Å². The quantitative estimate of drug-likeness (QED) is 0.800. The smallest absolute Gasteiger partial charge is 0.230 e. The lowest BCUT2D eigenvalue weighted by molar-refractivity contribution is 0.0280. The lowest BCUT2D eigenvalue weighted by atomic mass is 10.1. The zero-order valence-corrected chi connectivity index (χ0v) is 15.4. The highest BCUT2D eigenvalue weighted by molar-refractivity contribution is 5.65. The molecule has 1 aromatic carbocycles. The van der Waals surface area contributed by atoms with Crippen LogP contribution in [0.4, 0.5) is 0 Å². The number of aryl methyl sites for hydroxylation is 1. The molecule has 6 heteroatoms. The Hall–Kier alpha value is -2.05. The van der Waals surface area contributed by atoms with Crippen molar-refractivity contribution in [3.63, 3.8) is 0 Å². The average Bonchev–Trinajstić information content (AvgIpc) is 3.01. The molecule has 0 aliphatic carbocycles. The molecular formula is C19H26N2O4. The Kier molecular flexibility index (Phi) is 5.60. The van der Waals surface area contributed by atoms with Gasteiger partial charge in [-0.2, -0.15) is 0 Å². The molecule has 1 aliphatic heterocycles. The third-order valence-electron chi connectivity index (χ3n) is 4.70. The number of nitrogens with zero attached hydrogens (tertiary/aromatic N) is 2. The van der Waals surface area contributed by atoms with Gasteiger partial charge in [0.25, 0.3) is 0 Å². The summed E-state index contributed by atoms with van der Waals surface area (Å²) in [6.07, 6.45) is 2.58. The number of piperidine rings is 1. The van der Waals surface area contributed by atoms with E-state index in [2.05, 4.69) is 4.90 Å². The molecule has 25 heavy (non-hydrogen) atoms. The van der Waals surface area contributed by atoms with E-state index in [1.165, 1.54) is 0 Å². The molecule has 2 aromatic rings. The Morgan fingerprint density at radius 1 is 1.24 bits per heavy atom. The van der Waals surface area contributed by atoms with E-state index in [4.69, 9.17) is 23.6 Å². The topological polar surface area (TPSA) is 57.0 Å². The molecule has 1 atom stereocenters. The summed E-state index contributed by atoms with van der Waals surface area (Å²) in [7, 11) is 5.05. The van der Waals surface area contributed by atoms with Gasteiger partial charge in [-0.15, -0.1) is 0 Å².